The largest absolute Gasteiger partial charge is 0.460 e. The van der Waals surface area contributed by atoms with Crippen molar-refractivity contribution in [3.8, 4) is 0 Å². The predicted octanol–water partition coefficient (Wildman–Crippen LogP) is 0.527. The van der Waals surface area contributed by atoms with E-state index >= 15 is 0 Å². The molecule has 1 aliphatic rings. The third-order valence-corrected chi connectivity index (χ3v) is 1.41. The van der Waals surface area contributed by atoms with Crippen molar-refractivity contribution in [3.05, 3.63) is 0 Å². The van der Waals surface area contributed by atoms with Crippen LogP contribution in [0.2, 0.25) is 0 Å². The highest BCUT2D eigenvalue weighted by atomic mass is 16.6. The second-order valence-corrected chi connectivity index (χ2v) is 4.21. The van der Waals surface area contributed by atoms with Crippen molar-refractivity contribution in [1.82, 2.24) is 10.6 Å². The van der Waals surface area contributed by atoms with Gasteiger partial charge in [-0.2, -0.15) is 0 Å². The van der Waals surface area contributed by atoms with Crippen LogP contribution in [0.1, 0.15) is 27.7 Å². The molecule has 0 aromatic rings. The zero-order valence-electron chi connectivity index (χ0n) is 9.64. The van der Waals surface area contributed by atoms with Crippen molar-refractivity contribution in [2.45, 2.75) is 33.3 Å². The summed E-state index contributed by atoms with van der Waals surface area (Å²) in [5, 5.41) is 6.44. The molecule has 14 heavy (non-hydrogen) atoms. The Kier molecular flexibility index (Phi) is 6.49. The fraction of sp³-hybridized carbons (Fsp3) is 0.900. The molecule has 0 saturated carbocycles. The van der Waals surface area contributed by atoms with Crippen LogP contribution in [0, 0.1) is 0 Å². The van der Waals surface area contributed by atoms with E-state index in [0.717, 1.165) is 26.2 Å². The van der Waals surface area contributed by atoms with Gasteiger partial charge < -0.3 is 15.4 Å². The van der Waals surface area contributed by atoms with E-state index < -0.39 is 0 Å². The molecule has 1 aliphatic heterocycles. The molecule has 1 rings (SSSR count). The lowest BCUT2D eigenvalue weighted by Gasteiger charge is -2.17. The highest BCUT2D eigenvalue weighted by molar-refractivity contribution is 5.66. The standard InChI is InChI=1S/C6H12O2.C4H10N2/c1-5(7)8-6(2,3)4;1-2-6-4-3-5-1/h1-4H3;5-6H,1-4H2. The summed E-state index contributed by atoms with van der Waals surface area (Å²) >= 11 is 0. The average molecular weight is 202 g/mol. The minimum absolute atomic E-state index is 0.225. The maximum atomic E-state index is 10.2. The second kappa shape index (κ2) is 6.79. The number of nitrogens with one attached hydrogen (secondary N) is 2. The topological polar surface area (TPSA) is 50.4 Å². The number of hydrogen-bond acceptors (Lipinski definition) is 4. The number of hydrogen-bond donors (Lipinski definition) is 2. The maximum Gasteiger partial charge on any atom is 0.303 e. The molecule has 1 saturated heterocycles. The molecular formula is C10H22N2O2. The first-order valence-electron chi connectivity index (χ1n) is 5.03. The highest BCUT2D eigenvalue weighted by Crippen LogP contribution is 2.05. The molecule has 0 bridgehead atoms. The fourth-order valence-corrected chi connectivity index (χ4v) is 1.03. The van der Waals surface area contributed by atoms with Gasteiger partial charge in [-0.3, -0.25) is 4.79 Å². The van der Waals surface area contributed by atoms with Crippen molar-refractivity contribution in [2.24, 2.45) is 0 Å². The lowest BCUT2D eigenvalue weighted by atomic mass is 10.2. The van der Waals surface area contributed by atoms with Crippen molar-refractivity contribution in [1.29, 1.82) is 0 Å². The van der Waals surface area contributed by atoms with Crippen molar-refractivity contribution in [2.75, 3.05) is 26.2 Å². The molecule has 0 unspecified atom stereocenters. The van der Waals surface area contributed by atoms with Crippen LogP contribution < -0.4 is 10.6 Å². The van der Waals surface area contributed by atoms with Crippen molar-refractivity contribution >= 4 is 5.97 Å². The van der Waals surface area contributed by atoms with Gasteiger partial charge in [-0.25, -0.2) is 0 Å². The smallest absolute Gasteiger partial charge is 0.303 e. The summed E-state index contributed by atoms with van der Waals surface area (Å²) in [5.41, 5.74) is -0.328. The molecule has 0 spiro atoms. The summed E-state index contributed by atoms with van der Waals surface area (Å²) in [6, 6.07) is 0. The summed E-state index contributed by atoms with van der Waals surface area (Å²) in [4.78, 5) is 10.2. The Morgan fingerprint density at radius 3 is 1.50 bits per heavy atom. The van der Waals surface area contributed by atoms with Crippen LogP contribution in [0.5, 0.6) is 0 Å². The Morgan fingerprint density at radius 1 is 1.07 bits per heavy atom. The number of esters is 1. The Labute approximate surface area is 86.4 Å². The van der Waals surface area contributed by atoms with E-state index in [9.17, 15) is 4.79 Å². The molecule has 84 valence electrons. The van der Waals surface area contributed by atoms with Crippen LogP contribution >= 0.6 is 0 Å². The summed E-state index contributed by atoms with van der Waals surface area (Å²) in [7, 11) is 0. The highest BCUT2D eigenvalue weighted by Gasteiger charge is 2.11. The molecule has 4 heteroatoms. The summed E-state index contributed by atoms with van der Waals surface area (Å²) in [6.45, 7) is 11.5. The summed E-state index contributed by atoms with van der Waals surface area (Å²) in [5.74, 6) is -0.225. The van der Waals surface area contributed by atoms with Crippen molar-refractivity contribution < 1.29 is 9.53 Å². The van der Waals surface area contributed by atoms with Gasteiger partial charge in [0.05, 0.1) is 0 Å². The molecule has 0 aromatic carbocycles. The van der Waals surface area contributed by atoms with Gasteiger partial charge in [-0.15, -0.1) is 0 Å². The molecule has 0 atom stereocenters. The first-order valence-corrected chi connectivity index (χ1v) is 5.03. The third kappa shape index (κ3) is 11.4. The van der Waals surface area contributed by atoms with Crippen LogP contribution in [-0.2, 0) is 9.53 Å². The SMILES string of the molecule is C1CNCCN1.CC(=O)OC(C)(C)C. The van der Waals surface area contributed by atoms with E-state index in [2.05, 4.69) is 10.6 Å². The number of carbonyl (C=O) groups excluding carboxylic acids is 1. The van der Waals surface area contributed by atoms with E-state index in [1.807, 2.05) is 20.8 Å². The second-order valence-electron chi connectivity index (χ2n) is 4.21. The molecule has 1 heterocycles. The van der Waals surface area contributed by atoms with Gasteiger partial charge in [-0.1, -0.05) is 0 Å². The van der Waals surface area contributed by atoms with Crippen molar-refractivity contribution in [3.63, 3.8) is 0 Å². The van der Waals surface area contributed by atoms with E-state index in [0.29, 0.717) is 0 Å². The zero-order valence-corrected chi connectivity index (χ0v) is 9.64. The Morgan fingerprint density at radius 2 is 1.43 bits per heavy atom. The third-order valence-electron chi connectivity index (χ3n) is 1.41. The molecule has 0 aromatic heterocycles. The van der Waals surface area contributed by atoms with Crippen LogP contribution in [0.4, 0.5) is 0 Å². The molecule has 1 fully saturated rings. The number of carbonyl (C=O) groups is 1. The van der Waals surface area contributed by atoms with Crippen LogP contribution in [0.3, 0.4) is 0 Å². The molecule has 2 N–H and O–H groups in total. The van der Waals surface area contributed by atoms with Gasteiger partial charge in [0, 0.05) is 33.1 Å². The van der Waals surface area contributed by atoms with Crippen LogP contribution in [0.15, 0.2) is 0 Å². The molecular weight excluding hydrogens is 180 g/mol. The number of rotatable bonds is 0. The van der Waals surface area contributed by atoms with Gasteiger partial charge >= 0.3 is 5.97 Å². The number of ether oxygens (including phenoxy) is 1. The fourth-order valence-electron chi connectivity index (χ4n) is 1.03. The monoisotopic (exact) mass is 202 g/mol. The van der Waals surface area contributed by atoms with Gasteiger partial charge in [0.1, 0.15) is 5.60 Å². The van der Waals surface area contributed by atoms with Gasteiger partial charge in [0.15, 0.2) is 0 Å². The summed E-state index contributed by atoms with van der Waals surface area (Å²) < 4.78 is 4.80. The van der Waals surface area contributed by atoms with E-state index in [1.54, 1.807) is 0 Å². The Bertz CT molecular complexity index is 148. The Hall–Kier alpha value is -0.610. The first-order chi connectivity index (χ1) is 6.42. The number of piperazine rings is 1. The lowest BCUT2D eigenvalue weighted by molar-refractivity contribution is -0.151. The first kappa shape index (κ1) is 13.4. The van der Waals surface area contributed by atoms with Gasteiger partial charge in [0.25, 0.3) is 0 Å². The minimum Gasteiger partial charge on any atom is -0.460 e. The quantitative estimate of drug-likeness (QED) is 0.563. The molecule has 0 aliphatic carbocycles. The van der Waals surface area contributed by atoms with E-state index in [1.165, 1.54) is 6.92 Å². The average Bonchev–Trinajstić information content (AvgIpc) is 2.03. The molecule has 4 nitrogen and oxygen atoms in total. The van der Waals surface area contributed by atoms with Gasteiger partial charge in [-0.05, 0) is 20.8 Å². The normalized spacial score (nSPS) is 16.6. The lowest BCUT2D eigenvalue weighted by Crippen LogP contribution is -2.39. The van der Waals surface area contributed by atoms with E-state index in [4.69, 9.17) is 4.74 Å². The van der Waals surface area contributed by atoms with Crippen LogP contribution in [0.25, 0.3) is 0 Å². The summed E-state index contributed by atoms with van der Waals surface area (Å²) in [6.07, 6.45) is 0. The van der Waals surface area contributed by atoms with E-state index in [-0.39, 0.29) is 11.6 Å². The van der Waals surface area contributed by atoms with Gasteiger partial charge in [0.2, 0.25) is 0 Å². The Balaban J connectivity index is 0.000000249. The zero-order chi connectivity index (χ0) is 11.0. The predicted molar refractivity (Wildman–Crippen MR) is 57.3 cm³/mol. The molecule has 0 amide bonds. The minimum atomic E-state index is -0.328. The molecule has 0 radical (unpaired) electrons. The maximum absolute atomic E-state index is 10.2. The van der Waals surface area contributed by atoms with Crippen LogP contribution in [-0.4, -0.2) is 37.7 Å².